The molecule has 0 aromatic rings. The van der Waals surface area contributed by atoms with E-state index in [1.165, 1.54) is 12.8 Å². The highest BCUT2D eigenvalue weighted by Gasteiger charge is 2.52. The fourth-order valence-electron chi connectivity index (χ4n) is 1.29. The van der Waals surface area contributed by atoms with E-state index in [9.17, 15) is 0 Å². The number of nitrogens with two attached hydrogens (primary N) is 1. The molecule has 1 aliphatic rings. The summed E-state index contributed by atoms with van der Waals surface area (Å²) in [5.41, 5.74) is 5.89. The van der Waals surface area contributed by atoms with Crippen LogP contribution >= 0.6 is 0 Å². The quantitative estimate of drug-likeness (QED) is 0.643. The van der Waals surface area contributed by atoms with E-state index in [1.807, 2.05) is 0 Å². The topological polar surface area (TPSA) is 35.2 Å². The molecule has 2 heteroatoms. The van der Waals surface area contributed by atoms with Gasteiger partial charge in [-0.25, -0.2) is 0 Å². The summed E-state index contributed by atoms with van der Waals surface area (Å²) in [6.07, 6.45) is 2.52. The minimum atomic E-state index is -0.0903. The average molecular weight is 143 g/mol. The molecule has 2 N–H and O–H groups in total. The second-order valence-corrected chi connectivity index (χ2v) is 3.70. The SMILES string of the molecule is COC(C)(CN)C1(C)CC1. The van der Waals surface area contributed by atoms with Crippen molar-refractivity contribution in [3.63, 3.8) is 0 Å². The van der Waals surface area contributed by atoms with Gasteiger partial charge in [0.2, 0.25) is 0 Å². The van der Waals surface area contributed by atoms with Crippen LogP contribution in [0.5, 0.6) is 0 Å². The van der Waals surface area contributed by atoms with Crippen LogP contribution in [-0.4, -0.2) is 19.3 Å². The summed E-state index contributed by atoms with van der Waals surface area (Å²) in [5.74, 6) is 0. The fraction of sp³-hybridized carbons (Fsp3) is 1.00. The summed E-state index contributed by atoms with van der Waals surface area (Å²) in [6.45, 7) is 4.96. The monoisotopic (exact) mass is 143 g/mol. The van der Waals surface area contributed by atoms with Gasteiger partial charge < -0.3 is 10.5 Å². The number of hydrogen-bond acceptors (Lipinski definition) is 2. The molecule has 0 spiro atoms. The second-order valence-electron chi connectivity index (χ2n) is 3.70. The first-order valence-corrected chi connectivity index (χ1v) is 3.83. The van der Waals surface area contributed by atoms with Gasteiger partial charge >= 0.3 is 0 Å². The van der Waals surface area contributed by atoms with Crippen molar-refractivity contribution < 1.29 is 4.74 Å². The highest BCUT2D eigenvalue weighted by atomic mass is 16.5. The summed E-state index contributed by atoms with van der Waals surface area (Å²) < 4.78 is 5.39. The molecule has 2 nitrogen and oxygen atoms in total. The Hall–Kier alpha value is -0.0800. The molecule has 1 atom stereocenters. The molecule has 1 saturated carbocycles. The Morgan fingerprint density at radius 3 is 2.20 bits per heavy atom. The molecular weight excluding hydrogens is 126 g/mol. The van der Waals surface area contributed by atoms with Gasteiger partial charge in [0.15, 0.2) is 0 Å². The van der Waals surface area contributed by atoms with Crippen molar-refractivity contribution in [1.29, 1.82) is 0 Å². The molecule has 1 fully saturated rings. The van der Waals surface area contributed by atoms with Crippen LogP contribution < -0.4 is 5.73 Å². The van der Waals surface area contributed by atoms with E-state index in [1.54, 1.807) is 7.11 Å². The Morgan fingerprint density at radius 2 is 2.10 bits per heavy atom. The molecule has 1 unspecified atom stereocenters. The molecular formula is C8H17NO. The molecule has 60 valence electrons. The van der Waals surface area contributed by atoms with Crippen molar-refractivity contribution in [2.75, 3.05) is 13.7 Å². The van der Waals surface area contributed by atoms with E-state index < -0.39 is 0 Å². The molecule has 1 aliphatic carbocycles. The van der Waals surface area contributed by atoms with Gasteiger partial charge in [-0.1, -0.05) is 6.92 Å². The lowest BCUT2D eigenvalue weighted by Crippen LogP contribution is -2.44. The normalized spacial score (nSPS) is 27.6. The van der Waals surface area contributed by atoms with Gasteiger partial charge in [0, 0.05) is 13.7 Å². The molecule has 0 saturated heterocycles. The average Bonchev–Trinajstić information content (AvgIpc) is 2.68. The van der Waals surface area contributed by atoms with Crippen LogP contribution in [0.25, 0.3) is 0 Å². The first kappa shape index (κ1) is 8.02. The van der Waals surface area contributed by atoms with Crippen molar-refractivity contribution >= 4 is 0 Å². The first-order valence-electron chi connectivity index (χ1n) is 3.83. The third-order valence-corrected chi connectivity index (χ3v) is 3.12. The summed E-state index contributed by atoms with van der Waals surface area (Å²) in [5, 5.41) is 0. The van der Waals surface area contributed by atoms with E-state index in [0.29, 0.717) is 12.0 Å². The van der Waals surface area contributed by atoms with Crippen LogP contribution in [-0.2, 0) is 4.74 Å². The van der Waals surface area contributed by atoms with Gasteiger partial charge in [0.25, 0.3) is 0 Å². The van der Waals surface area contributed by atoms with Crippen LogP contribution in [0, 0.1) is 5.41 Å². The maximum Gasteiger partial charge on any atom is 0.0825 e. The van der Waals surface area contributed by atoms with Crippen LogP contribution in [0.15, 0.2) is 0 Å². The predicted octanol–water partition coefficient (Wildman–Crippen LogP) is 1.15. The minimum absolute atomic E-state index is 0.0903. The summed E-state index contributed by atoms with van der Waals surface area (Å²) in [4.78, 5) is 0. The van der Waals surface area contributed by atoms with Gasteiger partial charge in [-0.2, -0.15) is 0 Å². The van der Waals surface area contributed by atoms with Crippen molar-refractivity contribution in [1.82, 2.24) is 0 Å². The van der Waals surface area contributed by atoms with Crippen LogP contribution in [0.2, 0.25) is 0 Å². The lowest BCUT2D eigenvalue weighted by Gasteiger charge is -2.33. The van der Waals surface area contributed by atoms with Gasteiger partial charge in [0.05, 0.1) is 5.60 Å². The highest BCUT2D eigenvalue weighted by molar-refractivity contribution is 5.04. The van der Waals surface area contributed by atoms with Crippen LogP contribution in [0.4, 0.5) is 0 Å². The Kier molecular flexibility index (Phi) is 1.77. The van der Waals surface area contributed by atoms with Crippen molar-refractivity contribution in [2.45, 2.75) is 32.3 Å². The van der Waals surface area contributed by atoms with E-state index >= 15 is 0 Å². The molecule has 0 aromatic heterocycles. The maximum absolute atomic E-state index is 5.62. The van der Waals surface area contributed by atoms with Crippen LogP contribution in [0.1, 0.15) is 26.7 Å². The highest BCUT2D eigenvalue weighted by Crippen LogP contribution is 2.54. The number of hydrogen-bond donors (Lipinski definition) is 1. The van der Waals surface area contributed by atoms with Gasteiger partial charge in [0.1, 0.15) is 0 Å². The molecule has 0 bridgehead atoms. The van der Waals surface area contributed by atoms with Crippen molar-refractivity contribution in [3.8, 4) is 0 Å². The zero-order valence-electron chi connectivity index (χ0n) is 7.11. The number of ether oxygens (including phenoxy) is 1. The summed E-state index contributed by atoms with van der Waals surface area (Å²) in [6, 6.07) is 0. The lowest BCUT2D eigenvalue weighted by molar-refractivity contribution is -0.0415. The Balaban J connectivity index is 2.63. The molecule has 0 aromatic carbocycles. The predicted molar refractivity (Wildman–Crippen MR) is 41.8 cm³/mol. The fourth-order valence-corrected chi connectivity index (χ4v) is 1.29. The third-order valence-electron chi connectivity index (χ3n) is 3.12. The third kappa shape index (κ3) is 0.956. The number of methoxy groups -OCH3 is 1. The van der Waals surface area contributed by atoms with Gasteiger partial charge in [-0.3, -0.25) is 0 Å². The van der Waals surface area contributed by atoms with E-state index in [0.717, 1.165) is 0 Å². The van der Waals surface area contributed by atoms with Crippen LogP contribution in [0.3, 0.4) is 0 Å². The van der Waals surface area contributed by atoms with Crippen molar-refractivity contribution in [2.24, 2.45) is 11.1 Å². The maximum atomic E-state index is 5.62. The second kappa shape index (κ2) is 2.21. The lowest BCUT2D eigenvalue weighted by atomic mass is 9.87. The Morgan fingerprint density at radius 1 is 1.60 bits per heavy atom. The number of rotatable bonds is 3. The standard InChI is InChI=1S/C8H17NO/c1-7(4-5-7)8(2,6-9)10-3/h4-6,9H2,1-3H3. The van der Waals surface area contributed by atoms with Crippen molar-refractivity contribution in [3.05, 3.63) is 0 Å². The first-order chi connectivity index (χ1) is 4.58. The molecule has 0 aliphatic heterocycles. The largest absolute Gasteiger partial charge is 0.377 e. The summed E-state index contributed by atoms with van der Waals surface area (Å²) >= 11 is 0. The van der Waals surface area contributed by atoms with Gasteiger partial charge in [-0.15, -0.1) is 0 Å². The Labute approximate surface area is 62.7 Å². The smallest absolute Gasteiger partial charge is 0.0825 e. The molecule has 10 heavy (non-hydrogen) atoms. The summed E-state index contributed by atoms with van der Waals surface area (Å²) in [7, 11) is 1.75. The molecule has 1 rings (SSSR count). The van der Waals surface area contributed by atoms with E-state index in [2.05, 4.69) is 13.8 Å². The zero-order valence-corrected chi connectivity index (χ0v) is 7.11. The van der Waals surface area contributed by atoms with E-state index in [4.69, 9.17) is 10.5 Å². The molecule has 0 heterocycles. The zero-order chi connectivity index (χ0) is 7.83. The minimum Gasteiger partial charge on any atom is -0.377 e. The van der Waals surface area contributed by atoms with E-state index in [-0.39, 0.29) is 5.60 Å². The molecule has 0 amide bonds. The Bertz CT molecular complexity index is 125. The molecule has 0 radical (unpaired) electrons. The van der Waals surface area contributed by atoms with Gasteiger partial charge in [-0.05, 0) is 25.2 Å².